The summed E-state index contributed by atoms with van der Waals surface area (Å²) in [6.45, 7) is 0.447. The predicted octanol–water partition coefficient (Wildman–Crippen LogP) is 0.353. The molecule has 0 aliphatic carbocycles. The molecule has 1 saturated heterocycles. The maximum atomic E-state index is 11.5. The normalized spacial score (nSPS) is 20.9. The van der Waals surface area contributed by atoms with E-state index in [4.69, 9.17) is 5.26 Å². The van der Waals surface area contributed by atoms with Crippen LogP contribution in [0.25, 0.3) is 0 Å². The molecular weight excluding hydrogens is 180 g/mol. The van der Waals surface area contributed by atoms with Gasteiger partial charge in [0, 0.05) is 13.0 Å². The summed E-state index contributed by atoms with van der Waals surface area (Å²) in [7, 11) is 0. The number of carbonyl (C=O) groups excluding carboxylic acids is 1. The van der Waals surface area contributed by atoms with Crippen molar-refractivity contribution in [2.75, 3.05) is 11.4 Å². The first kappa shape index (κ1) is 8.63. The van der Waals surface area contributed by atoms with Crippen molar-refractivity contribution in [3.8, 4) is 6.07 Å². The highest BCUT2D eigenvalue weighted by Crippen LogP contribution is 2.22. The van der Waals surface area contributed by atoms with Gasteiger partial charge in [-0.1, -0.05) is 0 Å². The highest BCUT2D eigenvalue weighted by molar-refractivity contribution is 5.95. The standard InChI is InChI=1S/C9H8N4O/c10-2-7-1-9(14)13(5-7)8-3-11-6-12-4-8/h3-4,6-7H,1,5H2. The minimum absolute atomic E-state index is 0.0358. The number of rotatable bonds is 1. The first-order valence-electron chi connectivity index (χ1n) is 4.26. The van der Waals surface area contributed by atoms with Crippen LogP contribution >= 0.6 is 0 Å². The van der Waals surface area contributed by atoms with E-state index >= 15 is 0 Å². The van der Waals surface area contributed by atoms with Crippen molar-refractivity contribution in [2.45, 2.75) is 6.42 Å². The zero-order valence-corrected chi connectivity index (χ0v) is 7.42. The molecule has 14 heavy (non-hydrogen) atoms. The number of hydrogen-bond donors (Lipinski definition) is 0. The maximum Gasteiger partial charge on any atom is 0.228 e. The second kappa shape index (κ2) is 3.42. The molecule has 1 amide bonds. The lowest BCUT2D eigenvalue weighted by Gasteiger charge is -2.13. The molecule has 5 nitrogen and oxygen atoms in total. The summed E-state index contributed by atoms with van der Waals surface area (Å²) in [6, 6.07) is 2.09. The molecule has 70 valence electrons. The van der Waals surface area contributed by atoms with E-state index in [-0.39, 0.29) is 11.8 Å². The molecule has 0 bridgehead atoms. The van der Waals surface area contributed by atoms with Crippen molar-refractivity contribution in [1.82, 2.24) is 9.97 Å². The molecule has 0 N–H and O–H groups in total. The van der Waals surface area contributed by atoms with Gasteiger partial charge in [0.05, 0.1) is 30.1 Å². The fourth-order valence-corrected chi connectivity index (χ4v) is 1.47. The Kier molecular flexibility index (Phi) is 2.11. The van der Waals surface area contributed by atoms with E-state index in [1.165, 1.54) is 6.33 Å². The number of carbonyl (C=O) groups is 1. The Labute approximate surface area is 81.0 Å². The van der Waals surface area contributed by atoms with Crippen LogP contribution in [-0.2, 0) is 4.79 Å². The van der Waals surface area contributed by atoms with Gasteiger partial charge in [0.2, 0.25) is 5.91 Å². The average molecular weight is 188 g/mol. The lowest BCUT2D eigenvalue weighted by atomic mass is 10.1. The minimum Gasteiger partial charge on any atom is -0.308 e. The van der Waals surface area contributed by atoms with Crippen LogP contribution in [0.4, 0.5) is 5.69 Å². The molecule has 0 spiro atoms. The van der Waals surface area contributed by atoms with Gasteiger partial charge in [-0.2, -0.15) is 5.26 Å². The van der Waals surface area contributed by atoms with E-state index in [0.29, 0.717) is 18.7 Å². The van der Waals surface area contributed by atoms with Gasteiger partial charge in [-0.25, -0.2) is 9.97 Å². The summed E-state index contributed by atoms with van der Waals surface area (Å²) in [4.78, 5) is 20.7. The summed E-state index contributed by atoms with van der Waals surface area (Å²) in [5.41, 5.74) is 0.662. The van der Waals surface area contributed by atoms with Gasteiger partial charge in [-0.05, 0) is 0 Å². The number of anilines is 1. The molecular formula is C9H8N4O. The van der Waals surface area contributed by atoms with Gasteiger partial charge >= 0.3 is 0 Å². The first-order chi connectivity index (χ1) is 6.81. The van der Waals surface area contributed by atoms with Gasteiger partial charge in [0.15, 0.2) is 0 Å². The Bertz CT molecular complexity index is 384. The van der Waals surface area contributed by atoms with E-state index in [1.54, 1.807) is 17.3 Å². The van der Waals surface area contributed by atoms with E-state index in [1.807, 2.05) is 0 Å². The van der Waals surface area contributed by atoms with Crippen LogP contribution in [0, 0.1) is 17.2 Å². The monoisotopic (exact) mass is 188 g/mol. The largest absolute Gasteiger partial charge is 0.308 e. The topological polar surface area (TPSA) is 69.9 Å². The number of hydrogen-bond acceptors (Lipinski definition) is 4. The SMILES string of the molecule is N#CC1CC(=O)N(c2cncnc2)C1. The predicted molar refractivity (Wildman–Crippen MR) is 48.1 cm³/mol. The third kappa shape index (κ3) is 1.42. The van der Waals surface area contributed by atoms with Gasteiger partial charge in [0.25, 0.3) is 0 Å². The van der Waals surface area contributed by atoms with E-state index in [0.717, 1.165) is 0 Å². The lowest BCUT2D eigenvalue weighted by molar-refractivity contribution is -0.117. The van der Waals surface area contributed by atoms with Crippen LogP contribution < -0.4 is 4.90 Å². The van der Waals surface area contributed by atoms with Crippen molar-refractivity contribution in [3.63, 3.8) is 0 Å². The Morgan fingerprint density at radius 1 is 1.50 bits per heavy atom. The number of amides is 1. The summed E-state index contributed by atoms with van der Waals surface area (Å²) in [5, 5.41) is 8.69. The molecule has 1 aromatic rings. The number of aromatic nitrogens is 2. The summed E-state index contributed by atoms with van der Waals surface area (Å²) < 4.78 is 0. The third-order valence-corrected chi connectivity index (χ3v) is 2.17. The molecule has 0 aromatic carbocycles. The molecule has 5 heteroatoms. The Hall–Kier alpha value is -1.96. The Morgan fingerprint density at radius 3 is 2.79 bits per heavy atom. The van der Waals surface area contributed by atoms with Crippen LogP contribution in [0.3, 0.4) is 0 Å². The van der Waals surface area contributed by atoms with E-state index in [9.17, 15) is 4.79 Å². The van der Waals surface area contributed by atoms with Crippen molar-refractivity contribution < 1.29 is 4.79 Å². The lowest BCUT2D eigenvalue weighted by Crippen LogP contribution is -2.24. The summed E-state index contributed by atoms with van der Waals surface area (Å²) >= 11 is 0. The molecule has 0 radical (unpaired) electrons. The van der Waals surface area contributed by atoms with E-state index < -0.39 is 0 Å². The molecule has 2 rings (SSSR count). The van der Waals surface area contributed by atoms with Crippen LogP contribution in [0.1, 0.15) is 6.42 Å². The van der Waals surface area contributed by atoms with Crippen LogP contribution in [0.15, 0.2) is 18.7 Å². The average Bonchev–Trinajstić information content (AvgIpc) is 2.61. The minimum atomic E-state index is -0.206. The van der Waals surface area contributed by atoms with Gasteiger partial charge in [0.1, 0.15) is 6.33 Å². The number of nitrogens with zero attached hydrogens (tertiary/aromatic N) is 4. The molecule has 1 fully saturated rings. The Morgan fingerprint density at radius 2 is 2.21 bits per heavy atom. The summed E-state index contributed by atoms with van der Waals surface area (Å²) in [6.07, 6.45) is 4.85. The number of nitriles is 1. The molecule has 1 aromatic heterocycles. The molecule has 1 atom stereocenters. The van der Waals surface area contributed by atoms with Crippen LogP contribution in [0.5, 0.6) is 0 Å². The first-order valence-corrected chi connectivity index (χ1v) is 4.26. The molecule has 1 aliphatic heterocycles. The van der Waals surface area contributed by atoms with Crippen LogP contribution in [-0.4, -0.2) is 22.4 Å². The Balaban J connectivity index is 2.22. The van der Waals surface area contributed by atoms with Gasteiger partial charge < -0.3 is 4.90 Å². The molecule has 1 unspecified atom stereocenters. The maximum absolute atomic E-state index is 11.5. The smallest absolute Gasteiger partial charge is 0.228 e. The third-order valence-electron chi connectivity index (χ3n) is 2.17. The van der Waals surface area contributed by atoms with Crippen molar-refractivity contribution in [2.24, 2.45) is 5.92 Å². The second-order valence-corrected chi connectivity index (χ2v) is 3.13. The zero-order chi connectivity index (χ0) is 9.97. The van der Waals surface area contributed by atoms with Gasteiger partial charge in [-0.15, -0.1) is 0 Å². The van der Waals surface area contributed by atoms with E-state index in [2.05, 4.69) is 16.0 Å². The zero-order valence-electron chi connectivity index (χ0n) is 7.42. The fraction of sp³-hybridized carbons (Fsp3) is 0.333. The van der Waals surface area contributed by atoms with Gasteiger partial charge in [-0.3, -0.25) is 4.79 Å². The van der Waals surface area contributed by atoms with Crippen molar-refractivity contribution in [3.05, 3.63) is 18.7 Å². The molecule has 0 saturated carbocycles. The quantitative estimate of drug-likeness (QED) is 0.637. The van der Waals surface area contributed by atoms with Crippen molar-refractivity contribution in [1.29, 1.82) is 5.26 Å². The van der Waals surface area contributed by atoms with Crippen molar-refractivity contribution >= 4 is 11.6 Å². The second-order valence-electron chi connectivity index (χ2n) is 3.13. The van der Waals surface area contributed by atoms with Crippen LogP contribution in [0.2, 0.25) is 0 Å². The summed E-state index contributed by atoms with van der Waals surface area (Å²) in [5.74, 6) is -0.242. The molecule has 2 heterocycles. The molecule has 1 aliphatic rings. The fourth-order valence-electron chi connectivity index (χ4n) is 1.47. The highest BCUT2D eigenvalue weighted by Gasteiger charge is 2.30. The highest BCUT2D eigenvalue weighted by atomic mass is 16.2.